The molecule has 0 spiro atoms. The van der Waals surface area contributed by atoms with Gasteiger partial charge in [0.2, 0.25) is 0 Å². The molecule has 4 aromatic rings. The minimum atomic E-state index is -0.181. The molecule has 0 radical (unpaired) electrons. The smallest absolute Gasteiger partial charge is 0.144 e. The highest BCUT2D eigenvalue weighted by Gasteiger charge is 2.39. The molecule has 0 aliphatic carbocycles. The average molecular weight is 559 g/mol. The van der Waals surface area contributed by atoms with Crippen molar-refractivity contribution in [1.29, 1.82) is 0 Å². The van der Waals surface area contributed by atoms with Crippen LogP contribution in [0.4, 0.5) is 4.39 Å². The molecule has 0 saturated heterocycles. The van der Waals surface area contributed by atoms with E-state index in [0.717, 1.165) is 12.2 Å². The molecular formula is C36H47FN2S. The fourth-order valence-corrected chi connectivity index (χ4v) is 6.21. The Morgan fingerprint density at radius 1 is 0.800 bits per heavy atom. The second-order valence-corrected chi connectivity index (χ2v) is 13.3. The van der Waals surface area contributed by atoms with E-state index < -0.39 is 0 Å². The Morgan fingerprint density at radius 3 is 1.90 bits per heavy atom. The summed E-state index contributed by atoms with van der Waals surface area (Å²) in [5.41, 5.74) is 9.00. The fraction of sp³-hybridized carbons (Fsp3) is 0.417. The lowest BCUT2D eigenvalue weighted by Gasteiger charge is -2.43. The maximum atomic E-state index is 10.7. The molecule has 1 unspecified atom stereocenters. The third kappa shape index (κ3) is 6.89. The lowest BCUT2D eigenvalue weighted by atomic mass is 9.61. The zero-order chi connectivity index (χ0) is 29.7. The van der Waals surface area contributed by atoms with Crippen LogP contribution in [-0.2, 0) is 5.41 Å². The summed E-state index contributed by atoms with van der Waals surface area (Å²) in [7, 11) is 0. The van der Waals surface area contributed by atoms with Crippen molar-refractivity contribution >= 4 is 11.8 Å². The van der Waals surface area contributed by atoms with Crippen LogP contribution in [0.25, 0.3) is 17.1 Å². The topological polar surface area (TPSA) is 17.8 Å². The van der Waals surface area contributed by atoms with Gasteiger partial charge in [-0.1, -0.05) is 94.8 Å². The Hall–Kier alpha value is -2.85. The molecule has 4 rings (SSSR count). The number of benzene rings is 3. The molecule has 0 N–H and O–H groups in total. The summed E-state index contributed by atoms with van der Waals surface area (Å²) >= 11 is 1.82. The standard InChI is InChI=1S/C33H40N2S.C3H7F/c1-10-33(9,32(6,7)8)29-16-15-27(36-26-13-11-22(2)12-14-26)21-28(29)31-34-17-18-35(31)30-24(4)19-23(3)20-25(30)5;1-2-3-4/h11-21H,10H2,1-9H3;2-3H2,1H3. The van der Waals surface area contributed by atoms with Crippen LogP contribution in [0.2, 0.25) is 0 Å². The molecule has 0 fully saturated rings. The van der Waals surface area contributed by atoms with Crippen molar-refractivity contribution in [2.24, 2.45) is 5.41 Å². The molecule has 1 atom stereocenters. The fourth-order valence-electron chi connectivity index (χ4n) is 5.36. The van der Waals surface area contributed by atoms with Gasteiger partial charge >= 0.3 is 0 Å². The summed E-state index contributed by atoms with van der Waals surface area (Å²) in [6.45, 7) is 22.1. The molecule has 0 amide bonds. The number of nitrogens with zero attached hydrogens (tertiary/aromatic N) is 2. The van der Waals surface area contributed by atoms with Crippen LogP contribution in [0.1, 0.15) is 82.2 Å². The number of halogens is 1. The highest BCUT2D eigenvalue weighted by Crippen LogP contribution is 2.48. The molecular weight excluding hydrogens is 511 g/mol. The van der Waals surface area contributed by atoms with E-state index in [0.29, 0.717) is 6.42 Å². The summed E-state index contributed by atoms with van der Waals surface area (Å²) in [5, 5.41) is 0. The largest absolute Gasteiger partial charge is 0.299 e. The highest BCUT2D eigenvalue weighted by molar-refractivity contribution is 7.99. The van der Waals surface area contributed by atoms with Gasteiger partial charge in [0.25, 0.3) is 0 Å². The summed E-state index contributed by atoms with van der Waals surface area (Å²) in [6, 6.07) is 20.3. The summed E-state index contributed by atoms with van der Waals surface area (Å²) < 4.78 is 13.0. The van der Waals surface area contributed by atoms with Gasteiger partial charge in [0.05, 0.1) is 12.4 Å². The first kappa shape index (κ1) is 31.7. The van der Waals surface area contributed by atoms with Crippen LogP contribution in [0, 0.1) is 33.1 Å². The Kier molecular flexibility index (Phi) is 10.5. The second-order valence-electron chi connectivity index (χ2n) is 12.1. The highest BCUT2D eigenvalue weighted by atomic mass is 32.2. The van der Waals surface area contributed by atoms with Crippen LogP contribution in [0.5, 0.6) is 0 Å². The van der Waals surface area contributed by atoms with E-state index in [2.05, 4.69) is 128 Å². The van der Waals surface area contributed by atoms with Gasteiger partial charge in [0, 0.05) is 27.7 Å². The molecule has 40 heavy (non-hydrogen) atoms. The van der Waals surface area contributed by atoms with Crippen molar-refractivity contribution in [3.63, 3.8) is 0 Å². The Balaban J connectivity index is 0.00000103. The van der Waals surface area contributed by atoms with E-state index in [1.807, 2.05) is 18.0 Å². The van der Waals surface area contributed by atoms with Crippen LogP contribution < -0.4 is 0 Å². The first-order chi connectivity index (χ1) is 18.9. The van der Waals surface area contributed by atoms with Gasteiger partial charge in [0.1, 0.15) is 5.82 Å². The molecule has 0 saturated carbocycles. The lowest BCUT2D eigenvalue weighted by molar-refractivity contribution is 0.196. The maximum Gasteiger partial charge on any atom is 0.144 e. The molecule has 0 aliphatic heterocycles. The van der Waals surface area contributed by atoms with E-state index in [1.54, 1.807) is 6.92 Å². The van der Waals surface area contributed by atoms with Gasteiger partial charge in [-0.25, -0.2) is 4.98 Å². The van der Waals surface area contributed by atoms with E-state index in [1.165, 1.54) is 48.9 Å². The predicted molar refractivity (Wildman–Crippen MR) is 172 cm³/mol. The van der Waals surface area contributed by atoms with Gasteiger partial charge in [0.15, 0.2) is 0 Å². The zero-order valence-electron chi connectivity index (χ0n) is 26.2. The molecule has 214 valence electrons. The Bertz CT molecular complexity index is 1390. The lowest BCUT2D eigenvalue weighted by Crippen LogP contribution is -2.37. The quantitative estimate of drug-likeness (QED) is 0.224. The third-order valence-electron chi connectivity index (χ3n) is 8.15. The molecule has 2 nitrogen and oxygen atoms in total. The minimum absolute atomic E-state index is 0.0104. The van der Waals surface area contributed by atoms with E-state index in [-0.39, 0.29) is 17.5 Å². The number of alkyl halides is 1. The monoisotopic (exact) mass is 558 g/mol. The van der Waals surface area contributed by atoms with E-state index in [4.69, 9.17) is 4.98 Å². The van der Waals surface area contributed by atoms with Crippen molar-refractivity contribution in [1.82, 2.24) is 9.55 Å². The van der Waals surface area contributed by atoms with Crippen LogP contribution >= 0.6 is 11.8 Å². The first-order valence-electron chi connectivity index (χ1n) is 14.4. The summed E-state index contributed by atoms with van der Waals surface area (Å²) in [5.74, 6) is 1.01. The predicted octanol–water partition coefficient (Wildman–Crippen LogP) is 11.0. The van der Waals surface area contributed by atoms with E-state index in [9.17, 15) is 4.39 Å². The first-order valence-corrected chi connectivity index (χ1v) is 15.2. The average Bonchev–Trinajstić information content (AvgIpc) is 3.37. The van der Waals surface area contributed by atoms with Gasteiger partial charge in [-0.2, -0.15) is 0 Å². The number of aromatic nitrogens is 2. The van der Waals surface area contributed by atoms with Crippen LogP contribution in [0.15, 0.2) is 76.8 Å². The molecule has 0 aliphatic rings. The van der Waals surface area contributed by atoms with Gasteiger partial charge in [-0.3, -0.25) is 8.96 Å². The van der Waals surface area contributed by atoms with Crippen molar-refractivity contribution in [3.8, 4) is 17.1 Å². The summed E-state index contributed by atoms with van der Waals surface area (Å²) in [4.78, 5) is 7.46. The van der Waals surface area contributed by atoms with Gasteiger partial charge in [-0.05, 0) is 92.3 Å². The van der Waals surface area contributed by atoms with Crippen molar-refractivity contribution in [3.05, 3.63) is 94.8 Å². The van der Waals surface area contributed by atoms with Gasteiger partial charge in [-0.15, -0.1) is 0 Å². The maximum absolute atomic E-state index is 10.7. The van der Waals surface area contributed by atoms with Crippen molar-refractivity contribution in [2.75, 3.05) is 6.67 Å². The molecule has 1 heterocycles. The van der Waals surface area contributed by atoms with Crippen molar-refractivity contribution in [2.45, 2.75) is 97.3 Å². The number of imidazole rings is 1. The summed E-state index contributed by atoms with van der Waals surface area (Å²) in [6.07, 6.45) is 5.76. The second kappa shape index (κ2) is 13.2. The number of rotatable bonds is 7. The minimum Gasteiger partial charge on any atom is -0.299 e. The van der Waals surface area contributed by atoms with E-state index >= 15 is 0 Å². The number of hydrogen-bond donors (Lipinski definition) is 0. The molecule has 4 heteroatoms. The molecule has 1 aromatic heterocycles. The normalized spacial score (nSPS) is 13.0. The van der Waals surface area contributed by atoms with Gasteiger partial charge < -0.3 is 0 Å². The number of aryl methyl sites for hydroxylation is 4. The molecule has 3 aromatic carbocycles. The Labute approximate surface area is 246 Å². The zero-order valence-corrected chi connectivity index (χ0v) is 27.0. The number of hydrogen-bond acceptors (Lipinski definition) is 2. The van der Waals surface area contributed by atoms with Crippen LogP contribution in [-0.4, -0.2) is 16.2 Å². The third-order valence-corrected chi connectivity index (χ3v) is 9.15. The molecule has 0 bridgehead atoms. The SMILES string of the molecule is CCC(C)(c1ccc(Sc2ccc(C)cc2)cc1-c1nccn1-c1c(C)cc(C)cc1C)C(C)(C)C.CCCF. The van der Waals surface area contributed by atoms with Crippen LogP contribution in [0.3, 0.4) is 0 Å². The van der Waals surface area contributed by atoms with Crippen molar-refractivity contribution < 1.29 is 4.39 Å². The Morgan fingerprint density at radius 2 is 1.38 bits per heavy atom.